The highest BCUT2D eigenvalue weighted by Crippen LogP contribution is 2.12. The number of nitrogens with zero attached hydrogens (tertiary/aromatic N) is 4. The standard InChI is InChI=1S/C41H48N4/c1-4-17-37(18-5-1)23-13-30-43-28-10-11-29-44(31-14-24-38-19-6-2-7-20-38)35-40-26-12-27-41(42-40)36-45(34-16-33-43)32-15-25-39-21-8-3-9-22-39/h1-9,12-15,17-27H,10-11,16,28-36H2/b23-13+,24-14+,25-15-. The first-order valence-corrected chi connectivity index (χ1v) is 16.6. The predicted octanol–water partition coefficient (Wildman–Crippen LogP) is 8.31. The Hall–Kier alpha value is -4.09. The molecule has 0 fully saturated rings. The fraction of sp³-hybridized carbons (Fsp3) is 0.293. The highest BCUT2D eigenvalue weighted by Gasteiger charge is 2.12. The second kappa shape index (κ2) is 18.7. The molecule has 0 aliphatic carbocycles. The van der Waals surface area contributed by atoms with E-state index in [1.54, 1.807) is 0 Å². The zero-order valence-electron chi connectivity index (χ0n) is 26.6. The third-order valence-corrected chi connectivity index (χ3v) is 8.20. The summed E-state index contributed by atoms with van der Waals surface area (Å²) in [6.45, 7) is 8.84. The van der Waals surface area contributed by atoms with Crippen LogP contribution in [0, 0.1) is 0 Å². The Labute approximate surface area is 271 Å². The molecule has 4 nitrogen and oxygen atoms in total. The van der Waals surface area contributed by atoms with Crippen molar-refractivity contribution in [3.8, 4) is 0 Å². The molecule has 0 unspecified atom stereocenters. The van der Waals surface area contributed by atoms with E-state index in [4.69, 9.17) is 4.98 Å². The van der Waals surface area contributed by atoms with Gasteiger partial charge in [-0.1, -0.05) is 134 Å². The average molecular weight is 597 g/mol. The zero-order valence-corrected chi connectivity index (χ0v) is 26.6. The van der Waals surface area contributed by atoms with Crippen molar-refractivity contribution in [3.63, 3.8) is 0 Å². The largest absolute Gasteiger partial charge is 0.300 e. The number of hydrogen-bond donors (Lipinski definition) is 0. The normalized spacial score (nSPS) is 16.7. The lowest BCUT2D eigenvalue weighted by molar-refractivity contribution is 0.237. The Balaban J connectivity index is 1.29. The van der Waals surface area contributed by atoms with Gasteiger partial charge in [-0.15, -0.1) is 0 Å². The quantitative estimate of drug-likeness (QED) is 0.194. The van der Waals surface area contributed by atoms with Crippen LogP contribution in [-0.4, -0.2) is 65.5 Å². The number of hydrogen-bond acceptors (Lipinski definition) is 4. The van der Waals surface area contributed by atoms with Crippen LogP contribution >= 0.6 is 0 Å². The van der Waals surface area contributed by atoms with Gasteiger partial charge >= 0.3 is 0 Å². The summed E-state index contributed by atoms with van der Waals surface area (Å²) in [5.74, 6) is 0. The molecule has 1 aromatic heterocycles. The number of benzene rings is 3. The van der Waals surface area contributed by atoms with E-state index in [-0.39, 0.29) is 0 Å². The van der Waals surface area contributed by atoms with Crippen LogP contribution in [0.5, 0.6) is 0 Å². The van der Waals surface area contributed by atoms with E-state index in [0.29, 0.717) is 0 Å². The maximum atomic E-state index is 5.15. The highest BCUT2D eigenvalue weighted by molar-refractivity contribution is 5.50. The van der Waals surface area contributed by atoms with Gasteiger partial charge in [0.2, 0.25) is 0 Å². The molecule has 0 saturated heterocycles. The lowest BCUT2D eigenvalue weighted by atomic mass is 10.2. The van der Waals surface area contributed by atoms with Crippen molar-refractivity contribution in [3.05, 3.63) is 156 Å². The first kappa shape index (κ1) is 32.3. The van der Waals surface area contributed by atoms with Gasteiger partial charge in [-0.3, -0.25) is 19.7 Å². The van der Waals surface area contributed by atoms with Crippen LogP contribution in [0.15, 0.2) is 127 Å². The molecule has 0 saturated carbocycles. The van der Waals surface area contributed by atoms with Gasteiger partial charge in [-0.05, 0) is 67.7 Å². The van der Waals surface area contributed by atoms with E-state index in [2.05, 4.69) is 160 Å². The molecular formula is C41H48N4. The van der Waals surface area contributed by atoms with Crippen LogP contribution < -0.4 is 0 Å². The maximum Gasteiger partial charge on any atom is 0.0547 e. The molecule has 3 aromatic carbocycles. The van der Waals surface area contributed by atoms with Crippen LogP contribution in [0.4, 0.5) is 0 Å². The molecule has 0 radical (unpaired) electrons. The minimum Gasteiger partial charge on any atom is -0.300 e. The molecule has 0 N–H and O–H groups in total. The fourth-order valence-electron chi connectivity index (χ4n) is 5.82. The van der Waals surface area contributed by atoms with Crippen molar-refractivity contribution in [2.24, 2.45) is 0 Å². The Morgan fingerprint density at radius 3 is 1.27 bits per heavy atom. The summed E-state index contributed by atoms with van der Waals surface area (Å²) in [5, 5.41) is 0. The van der Waals surface area contributed by atoms with Gasteiger partial charge in [-0.25, -0.2) is 0 Å². The molecule has 0 spiro atoms. The monoisotopic (exact) mass is 596 g/mol. The molecule has 2 heterocycles. The summed E-state index contributed by atoms with van der Waals surface area (Å²) in [6, 6.07) is 38.4. The van der Waals surface area contributed by atoms with Crippen LogP contribution in [0.1, 0.15) is 47.3 Å². The molecule has 2 bridgehead atoms. The van der Waals surface area contributed by atoms with Gasteiger partial charge in [0.1, 0.15) is 0 Å². The van der Waals surface area contributed by atoms with Crippen molar-refractivity contribution in [1.29, 1.82) is 0 Å². The number of rotatable bonds is 9. The average Bonchev–Trinajstić information content (AvgIpc) is 3.08. The smallest absolute Gasteiger partial charge is 0.0547 e. The van der Waals surface area contributed by atoms with Crippen molar-refractivity contribution < 1.29 is 0 Å². The van der Waals surface area contributed by atoms with Crippen molar-refractivity contribution in [2.45, 2.75) is 32.4 Å². The molecule has 232 valence electrons. The fourth-order valence-corrected chi connectivity index (χ4v) is 5.82. The summed E-state index contributed by atoms with van der Waals surface area (Å²) in [7, 11) is 0. The molecule has 4 aromatic rings. The van der Waals surface area contributed by atoms with Gasteiger partial charge in [0, 0.05) is 39.3 Å². The van der Waals surface area contributed by atoms with Gasteiger partial charge in [-0.2, -0.15) is 0 Å². The molecule has 1 aliphatic rings. The van der Waals surface area contributed by atoms with E-state index in [9.17, 15) is 0 Å². The molecule has 5 rings (SSSR count). The number of aromatic nitrogens is 1. The lowest BCUT2D eigenvalue weighted by Crippen LogP contribution is -2.31. The third-order valence-electron chi connectivity index (χ3n) is 8.20. The van der Waals surface area contributed by atoms with Gasteiger partial charge in [0.25, 0.3) is 0 Å². The van der Waals surface area contributed by atoms with Crippen molar-refractivity contribution in [1.82, 2.24) is 19.7 Å². The zero-order chi connectivity index (χ0) is 30.8. The summed E-state index contributed by atoms with van der Waals surface area (Å²) in [4.78, 5) is 12.9. The van der Waals surface area contributed by atoms with Gasteiger partial charge < -0.3 is 0 Å². The van der Waals surface area contributed by atoms with Gasteiger partial charge in [0.05, 0.1) is 11.4 Å². The van der Waals surface area contributed by atoms with Crippen LogP contribution in [0.2, 0.25) is 0 Å². The molecule has 0 amide bonds. The second-order valence-corrected chi connectivity index (χ2v) is 11.9. The minimum absolute atomic E-state index is 0.856. The SMILES string of the molecule is C(=C/c1ccccc1)/CN1CCCN(C/C=C/c2ccccc2)CCCCN(C/C=C/c2ccccc2)Cc2cccc(n2)C1. The van der Waals surface area contributed by atoms with E-state index in [1.807, 2.05) is 0 Å². The third kappa shape index (κ3) is 12.1. The predicted molar refractivity (Wildman–Crippen MR) is 192 cm³/mol. The first-order valence-electron chi connectivity index (χ1n) is 16.6. The Morgan fingerprint density at radius 1 is 0.422 bits per heavy atom. The van der Waals surface area contributed by atoms with E-state index >= 15 is 0 Å². The molecule has 45 heavy (non-hydrogen) atoms. The lowest BCUT2D eigenvalue weighted by Gasteiger charge is -2.24. The van der Waals surface area contributed by atoms with Crippen LogP contribution in [-0.2, 0) is 13.1 Å². The van der Waals surface area contributed by atoms with Crippen LogP contribution in [0.25, 0.3) is 18.2 Å². The van der Waals surface area contributed by atoms with E-state index in [1.165, 1.54) is 29.5 Å². The number of pyridine rings is 1. The van der Waals surface area contributed by atoms with E-state index in [0.717, 1.165) is 76.7 Å². The molecule has 1 aliphatic heterocycles. The van der Waals surface area contributed by atoms with Gasteiger partial charge in [0.15, 0.2) is 0 Å². The molecule has 0 atom stereocenters. The Kier molecular flexibility index (Phi) is 13.4. The second-order valence-electron chi connectivity index (χ2n) is 11.9. The van der Waals surface area contributed by atoms with Crippen molar-refractivity contribution in [2.75, 3.05) is 45.8 Å². The maximum absolute atomic E-state index is 5.15. The molecular weight excluding hydrogens is 548 g/mol. The Bertz CT molecular complexity index is 1460. The Morgan fingerprint density at radius 2 is 0.800 bits per heavy atom. The summed E-state index contributed by atoms with van der Waals surface area (Å²) >= 11 is 0. The molecule has 4 heteroatoms. The van der Waals surface area contributed by atoms with Crippen molar-refractivity contribution >= 4 is 18.2 Å². The minimum atomic E-state index is 0.856. The van der Waals surface area contributed by atoms with Crippen LogP contribution in [0.3, 0.4) is 0 Å². The summed E-state index contributed by atoms with van der Waals surface area (Å²) in [5.41, 5.74) is 6.06. The number of fused-ring (bicyclic) bond motifs is 2. The summed E-state index contributed by atoms with van der Waals surface area (Å²) in [6.07, 6.45) is 17.2. The highest BCUT2D eigenvalue weighted by atomic mass is 15.2. The summed E-state index contributed by atoms with van der Waals surface area (Å²) < 4.78 is 0. The first-order chi connectivity index (χ1) is 22.3. The topological polar surface area (TPSA) is 22.6 Å². The van der Waals surface area contributed by atoms with E-state index < -0.39 is 0 Å².